The highest BCUT2D eigenvalue weighted by Crippen LogP contribution is 2.32. The first-order chi connectivity index (χ1) is 10.0. The largest absolute Gasteiger partial charge is 0.465 e. The maximum Gasteiger partial charge on any atom is 0.340 e. The number of methoxy groups -OCH3 is 1. The number of esters is 1. The molecule has 1 heterocycles. The van der Waals surface area contributed by atoms with E-state index >= 15 is 0 Å². The fourth-order valence-electron chi connectivity index (χ4n) is 2.83. The SMILES string of the molecule is COC(=O)c1cccc(N)c1N1CCC(CC(N)=O)CC1. The molecule has 2 rings (SSSR count). The van der Waals surface area contributed by atoms with Gasteiger partial charge >= 0.3 is 5.97 Å². The molecule has 1 fully saturated rings. The van der Waals surface area contributed by atoms with Gasteiger partial charge in [0, 0.05) is 19.5 Å². The topological polar surface area (TPSA) is 98.7 Å². The first kappa shape index (κ1) is 15.2. The van der Waals surface area contributed by atoms with E-state index in [1.807, 2.05) is 0 Å². The van der Waals surface area contributed by atoms with Crippen LogP contribution in [0.3, 0.4) is 0 Å². The van der Waals surface area contributed by atoms with E-state index in [2.05, 4.69) is 4.90 Å². The standard InChI is InChI=1S/C15H21N3O3/c1-21-15(20)11-3-2-4-12(16)14(11)18-7-5-10(6-8-18)9-13(17)19/h2-4,10H,5-9,16H2,1H3,(H2,17,19). The summed E-state index contributed by atoms with van der Waals surface area (Å²) in [5, 5.41) is 0. The molecule has 0 spiro atoms. The molecule has 1 saturated heterocycles. The van der Waals surface area contributed by atoms with Crippen LogP contribution in [0.5, 0.6) is 0 Å². The predicted octanol–water partition coefficient (Wildman–Crippen LogP) is 1.15. The summed E-state index contributed by atoms with van der Waals surface area (Å²) in [4.78, 5) is 24.9. The molecule has 1 aromatic carbocycles. The molecule has 1 amide bonds. The monoisotopic (exact) mass is 291 g/mol. The Hall–Kier alpha value is -2.24. The molecule has 0 saturated carbocycles. The summed E-state index contributed by atoms with van der Waals surface area (Å²) in [6, 6.07) is 5.23. The highest BCUT2D eigenvalue weighted by molar-refractivity contribution is 5.99. The molecule has 6 heteroatoms. The van der Waals surface area contributed by atoms with Crippen LogP contribution >= 0.6 is 0 Å². The second-order valence-corrected chi connectivity index (χ2v) is 5.34. The maximum absolute atomic E-state index is 11.9. The maximum atomic E-state index is 11.9. The number of nitrogen functional groups attached to an aromatic ring is 1. The summed E-state index contributed by atoms with van der Waals surface area (Å²) in [5.74, 6) is -0.343. The Labute approximate surface area is 124 Å². The van der Waals surface area contributed by atoms with Gasteiger partial charge in [-0.3, -0.25) is 4.79 Å². The average Bonchev–Trinajstić information content (AvgIpc) is 2.46. The summed E-state index contributed by atoms with van der Waals surface area (Å²) in [6.45, 7) is 1.49. The van der Waals surface area contributed by atoms with Crippen molar-refractivity contribution in [1.29, 1.82) is 0 Å². The second kappa shape index (κ2) is 6.47. The fraction of sp³-hybridized carbons (Fsp3) is 0.467. The van der Waals surface area contributed by atoms with E-state index in [-0.39, 0.29) is 5.91 Å². The zero-order valence-electron chi connectivity index (χ0n) is 12.2. The third-order valence-corrected chi connectivity index (χ3v) is 3.89. The van der Waals surface area contributed by atoms with Gasteiger partial charge in [-0.2, -0.15) is 0 Å². The molecule has 21 heavy (non-hydrogen) atoms. The van der Waals surface area contributed by atoms with Crippen molar-refractivity contribution in [3.8, 4) is 0 Å². The Morgan fingerprint density at radius 2 is 2.00 bits per heavy atom. The number of amides is 1. The van der Waals surface area contributed by atoms with Crippen LogP contribution < -0.4 is 16.4 Å². The van der Waals surface area contributed by atoms with E-state index < -0.39 is 5.97 Å². The van der Waals surface area contributed by atoms with Gasteiger partial charge in [-0.25, -0.2) is 4.79 Å². The number of nitrogens with zero attached hydrogens (tertiary/aromatic N) is 1. The number of hydrogen-bond donors (Lipinski definition) is 2. The van der Waals surface area contributed by atoms with Crippen LogP contribution in [-0.2, 0) is 9.53 Å². The smallest absolute Gasteiger partial charge is 0.340 e. The lowest BCUT2D eigenvalue weighted by Gasteiger charge is -2.34. The molecule has 6 nitrogen and oxygen atoms in total. The Kier molecular flexibility index (Phi) is 4.67. The van der Waals surface area contributed by atoms with Gasteiger partial charge in [-0.1, -0.05) is 6.07 Å². The Bertz CT molecular complexity index is 537. The summed E-state index contributed by atoms with van der Waals surface area (Å²) < 4.78 is 4.81. The van der Waals surface area contributed by atoms with Gasteiger partial charge in [0.05, 0.1) is 24.0 Å². The quantitative estimate of drug-likeness (QED) is 0.640. The molecule has 1 aliphatic heterocycles. The zero-order chi connectivity index (χ0) is 15.4. The number of piperidine rings is 1. The summed E-state index contributed by atoms with van der Waals surface area (Å²) in [7, 11) is 1.36. The number of benzene rings is 1. The van der Waals surface area contributed by atoms with Crippen molar-refractivity contribution in [2.75, 3.05) is 30.8 Å². The summed E-state index contributed by atoms with van der Waals surface area (Å²) >= 11 is 0. The highest BCUT2D eigenvalue weighted by atomic mass is 16.5. The summed E-state index contributed by atoms with van der Waals surface area (Å²) in [6.07, 6.45) is 2.14. The van der Waals surface area contributed by atoms with Gasteiger partial charge in [0.25, 0.3) is 0 Å². The predicted molar refractivity (Wildman–Crippen MR) is 80.9 cm³/mol. The number of nitrogens with two attached hydrogens (primary N) is 2. The number of carbonyl (C=O) groups excluding carboxylic acids is 2. The molecule has 0 bridgehead atoms. The Morgan fingerprint density at radius 3 is 2.57 bits per heavy atom. The first-order valence-corrected chi connectivity index (χ1v) is 7.03. The lowest BCUT2D eigenvalue weighted by atomic mass is 9.92. The van der Waals surface area contributed by atoms with E-state index in [4.69, 9.17) is 16.2 Å². The third kappa shape index (κ3) is 3.45. The molecular formula is C15H21N3O3. The molecular weight excluding hydrogens is 270 g/mol. The average molecular weight is 291 g/mol. The van der Waals surface area contributed by atoms with Crippen LogP contribution in [0.2, 0.25) is 0 Å². The first-order valence-electron chi connectivity index (χ1n) is 7.03. The molecule has 1 aromatic rings. The molecule has 0 atom stereocenters. The van der Waals surface area contributed by atoms with Gasteiger partial charge in [0.1, 0.15) is 0 Å². The van der Waals surface area contributed by atoms with Crippen LogP contribution in [0.25, 0.3) is 0 Å². The number of carbonyl (C=O) groups is 2. The number of hydrogen-bond acceptors (Lipinski definition) is 5. The van der Waals surface area contributed by atoms with Crippen molar-refractivity contribution in [3.05, 3.63) is 23.8 Å². The van der Waals surface area contributed by atoms with E-state index in [1.165, 1.54) is 7.11 Å². The molecule has 0 aliphatic carbocycles. The van der Waals surface area contributed by atoms with Gasteiger partial charge in [-0.05, 0) is 30.9 Å². The van der Waals surface area contributed by atoms with Crippen molar-refractivity contribution >= 4 is 23.3 Å². The van der Waals surface area contributed by atoms with Crippen molar-refractivity contribution < 1.29 is 14.3 Å². The lowest BCUT2D eigenvalue weighted by Crippen LogP contribution is -2.36. The van der Waals surface area contributed by atoms with E-state index in [0.29, 0.717) is 23.6 Å². The highest BCUT2D eigenvalue weighted by Gasteiger charge is 2.25. The molecule has 0 radical (unpaired) electrons. The van der Waals surface area contributed by atoms with Gasteiger partial charge in [0.15, 0.2) is 0 Å². The number of rotatable bonds is 4. The van der Waals surface area contributed by atoms with E-state index in [1.54, 1.807) is 18.2 Å². The van der Waals surface area contributed by atoms with E-state index in [9.17, 15) is 9.59 Å². The molecule has 4 N–H and O–H groups in total. The number of ether oxygens (including phenoxy) is 1. The van der Waals surface area contributed by atoms with Crippen LogP contribution in [0.1, 0.15) is 29.6 Å². The Morgan fingerprint density at radius 1 is 1.33 bits per heavy atom. The molecule has 1 aliphatic rings. The van der Waals surface area contributed by atoms with Crippen molar-refractivity contribution in [2.24, 2.45) is 11.7 Å². The molecule has 0 aromatic heterocycles. The fourth-order valence-corrected chi connectivity index (χ4v) is 2.83. The minimum Gasteiger partial charge on any atom is -0.465 e. The summed E-state index contributed by atoms with van der Waals surface area (Å²) in [5.41, 5.74) is 13.0. The normalized spacial score (nSPS) is 15.8. The van der Waals surface area contributed by atoms with Gasteiger partial charge in [0.2, 0.25) is 5.91 Å². The molecule has 0 unspecified atom stereocenters. The van der Waals surface area contributed by atoms with Crippen LogP contribution in [0.15, 0.2) is 18.2 Å². The number of primary amides is 1. The van der Waals surface area contributed by atoms with E-state index in [0.717, 1.165) is 31.6 Å². The van der Waals surface area contributed by atoms with Gasteiger partial charge in [-0.15, -0.1) is 0 Å². The van der Waals surface area contributed by atoms with Crippen LogP contribution in [0.4, 0.5) is 11.4 Å². The number of para-hydroxylation sites is 1. The lowest BCUT2D eigenvalue weighted by molar-refractivity contribution is -0.119. The van der Waals surface area contributed by atoms with Crippen molar-refractivity contribution in [1.82, 2.24) is 0 Å². The minimum atomic E-state index is -0.392. The third-order valence-electron chi connectivity index (χ3n) is 3.89. The van der Waals surface area contributed by atoms with Crippen LogP contribution in [-0.4, -0.2) is 32.1 Å². The van der Waals surface area contributed by atoms with Crippen molar-refractivity contribution in [2.45, 2.75) is 19.3 Å². The number of anilines is 2. The zero-order valence-corrected chi connectivity index (χ0v) is 12.2. The van der Waals surface area contributed by atoms with Crippen molar-refractivity contribution in [3.63, 3.8) is 0 Å². The van der Waals surface area contributed by atoms with Crippen LogP contribution in [0, 0.1) is 5.92 Å². The van der Waals surface area contributed by atoms with Gasteiger partial charge < -0.3 is 21.1 Å². The Balaban J connectivity index is 2.16. The minimum absolute atomic E-state index is 0.261. The molecule has 114 valence electrons. The second-order valence-electron chi connectivity index (χ2n) is 5.34.